The van der Waals surface area contributed by atoms with Gasteiger partial charge in [-0.1, -0.05) is 24.0 Å². The summed E-state index contributed by atoms with van der Waals surface area (Å²) in [6.45, 7) is 0. The number of halogens is 1. The quantitative estimate of drug-likeness (QED) is 0.616. The highest BCUT2D eigenvalue weighted by atomic mass is 19.1. The molecule has 1 nitrogen and oxygen atoms in total. The van der Waals surface area contributed by atoms with E-state index in [0.717, 1.165) is 5.56 Å². The summed E-state index contributed by atoms with van der Waals surface area (Å²) in [4.78, 5) is 0. The lowest BCUT2D eigenvalue weighted by atomic mass is 9.86. The molecule has 60 valence electrons. The van der Waals surface area contributed by atoms with Crippen LogP contribution in [-0.2, 0) is 0 Å². The summed E-state index contributed by atoms with van der Waals surface area (Å²) in [5, 5.41) is 0. The van der Waals surface area contributed by atoms with E-state index in [0.29, 0.717) is 0 Å². The van der Waals surface area contributed by atoms with E-state index in [4.69, 9.17) is 5.73 Å². The molecule has 1 aliphatic rings. The first-order valence-corrected chi connectivity index (χ1v) is 3.79. The molecule has 0 aliphatic heterocycles. The Morgan fingerprint density at radius 3 is 2.67 bits per heavy atom. The van der Waals surface area contributed by atoms with E-state index >= 15 is 0 Å². The van der Waals surface area contributed by atoms with Crippen molar-refractivity contribution in [2.45, 2.75) is 12.0 Å². The van der Waals surface area contributed by atoms with Crippen LogP contribution in [-0.4, -0.2) is 6.04 Å². The molecule has 12 heavy (non-hydrogen) atoms. The van der Waals surface area contributed by atoms with Crippen molar-refractivity contribution in [1.29, 1.82) is 0 Å². The van der Waals surface area contributed by atoms with Crippen molar-refractivity contribution in [2.75, 3.05) is 0 Å². The minimum atomic E-state index is -0.228. The van der Waals surface area contributed by atoms with Gasteiger partial charge in [0.05, 0.1) is 12.0 Å². The number of nitrogens with two attached hydrogens (primary N) is 1. The molecule has 1 aromatic rings. The van der Waals surface area contributed by atoms with E-state index in [-0.39, 0.29) is 17.8 Å². The van der Waals surface area contributed by atoms with Crippen LogP contribution in [0.1, 0.15) is 11.5 Å². The van der Waals surface area contributed by atoms with Gasteiger partial charge >= 0.3 is 0 Å². The van der Waals surface area contributed by atoms with Crippen molar-refractivity contribution in [3.05, 3.63) is 35.6 Å². The lowest BCUT2D eigenvalue weighted by Gasteiger charge is -2.20. The van der Waals surface area contributed by atoms with Crippen molar-refractivity contribution in [2.24, 2.45) is 5.73 Å². The van der Waals surface area contributed by atoms with Gasteiger partial charge in [-0.2, -0.15) is 0 Å². The van der Waals surface area contributed by atoms with Crippen LogP contribution in [0.5, 0.6) is 0 Å². The van der Waals surface area contributed by atoms with E-state index in [9.17, 15) is 4.39 Å². The molecule has 1 aromatic carbocycles. The van der Waals surface area contributed by atoms with E-state index in [1.807, 2.05) is 6.07 Å². The summed E-state index contributed by atoms with van der Waals surface area (Å²) < 4.78 is 12.7. The molecule has 0 fully saturated rings. The number of rotatable bonds is 1. The molecule has 2 heteroatoms. The molecule has 0 aromatic heterocycles. The van der Waals surface area contributed by atoms with Crippen molar-refractivity contribution >= 4 is 0 Å². The van der Waals surface area contributed by atoms with E-state index in [1.54, 1.807) is 6.07 Å². The van der Waals surface area contributed by atoms with Crippen LogP contribution < -0.4 is 5.73 Å². The number of hydrogen-bond donors (Lipinski definition) is 1. The van der Waals surface area contributed by atoms with Crippen molar-refractivity contribution < 1.29 is 4.39 Å². The molecule has 0 spiro atoms. The third kappa shape index (κ3) is 1.09. The average molecular weight is 161 g/mol. The van der Waals surface area contributed by atoms with Crippen molar-refractivity contribution in [1.82, 2.24) is 0 Å². The Kier molecular flexibility index (Phi) is 1.60. The Morgan fingerprint density at radius 2 is 2.17 bits per heavy atom. The van der Waals surface area contributed by atoms with Crippen LogP contribution in [0.15, 0.2) is 24.3 Å². The summed E-state index contributed by atoms with van der Waals surface area (Å²) in [5.41, 5.74) is 6.48. The molecule has 0 radical (unpaired) electrons. The van der Waals surface area contributed by atoms with E-state index in [2.05, 4.69) is 11.8 Å². The third-order valence-electron chi connectivity index (χ3n) is 1.97. The molecule has 2 atom stereocenters. The van der Waals surface area contributed by atoms with Crippen LogP contribution in [0.2, 0.25) is 0 Å². The van der Waals surface area contributed by atoms with Gasteiger partial charge in [-0.25, -0.2) is 4.39 Å². The summed E-state index contributed by atoms with van der Waals surface area (Å²) in [6, 6.07) is 6.31. The monoisotopic (exact) mass is 161 g/mol. The summed E-state index contributed by atoms with van der Waals surface area (Å²) in [5.74, 6) is 5.48. The maximum atomic E-state index is 12.7. The fourth-order valence-corrected chi connectivity index (χ4v) is 1.25. The molecular weight excluding hydrogens is 153 g/mol. The third-order valence-corrected chi connectivity index (χ3v) is 1.97. The maximum Gasteiger partial charge on any atom is 0.123 e. The molecule has 0 saturated carbocycles. The zero-order chi connectivity index (χ0) is 8.55. The van der Waals surface area contributed by atoms with Gasteiger partial charge in [-0.3, -0.25) is 0 Å². The standard InChI is InChI=1S/C10H8FN/c11-8-3-1-2-7(6-8)9-4-5-10(9)12/h1-3,6,9-10H,12H2/t9-,10+/m1/s1. The Morgan fingerprint density at radius 1 is 1.33 bits per heavy atom. The van der Waals surface area contributed by atoms with Crippen LogP contribution in [0, 0.1) is 17.7 Å². The predicted octanol–water partition coefficient (Wildman–Crippen LogP) is 1.25. The Labute approximate surface area is 70.4 Å². The molecule has 0 bridgehead atoms. The van der Waals surface area contributed by atoms with E-state index in [1.165, 1.54) is 12.1 Å². The highest BCUT2D eigenvalue weighted by Gasteiger charge is 2.21. The van der Waals surface area contributed by atoms with Gasteiger partial charge in [0.1, 0.15) is 5.82 Å². The van der Waals surface area contributed by atoms with Gasteiger partial charge in [0.25, 0.3) is 0 Å². The number of hydrogen-bond acceptors (Lipinski definition) is 1. The SMILES string of the molecule is N[C@H]1C#C[C@@H]1c1cccc(F)c1. The zero-order valence-electron chi connectivity index (χ0n) is 6.42. The van der Waals surface area contributed by atoms with Crippen LogP contribution in [0.3, 0.4) is 0 Å². The van der Waals surface area contributed by atoms with Crippen LogP contribution >= 0.6 is 0 Å². The highest BCUT2D eigenvalue weighted by molar-refractivity contribution is 5.40. The van der Waals surface area contributed by atoms with Crippen LogP contribution in [0.25, 0.3) is 0 Å². The van der Waals surface area contributed by atoms with Gasteiger partial charge in [-0.05, 0) is 17.7 Å². The second-order valence-corrected chi connectivity index (χ2v) is 2.85. The largest absolute Gasteiger partial charge is 0.316 e. The highest BCUT2D eigenvalue weighted by Crippen LogP contribution is 2.22. The molecule has 2 rings (SSSR count). The lowest BCUT2D eigenvalue weighted by Crippen LogP contribution is -2.31. The predicted molar refractivity (Wildman–Crippen MR) is 44.9 cm³/mol. The normalized spacial score (nSPS) is 25.5. The summed E-state index contributed by atoms with van der Waals surface area (Å²) in [7, 11) is 0. The first kappa shape index (κ1) is 7.33. The van der Waals surface area contributed by atoms with Gasteiger partial charge < -0.3 is 5.73 Å². The maximum absolute atomic E-state index is 12.7. The minimum Gasteiger partial charge on any atom is -0.316 e. The number of benzene rings is 1. The van der Waals surface area contributed by atoms with Crippen LogP contribution in [0.4, 0.5) is 4.39 Å². The zero-order valence-corrected chi connectivity index (χ0v) is 6.42. The van der Waals surface area contributed by atoms with Gasteiger partial charge in [0.15, 0.2) is 0 Å². The Hall–Kier alpha value is -1.33. The fourth-order valence-electron chi connectivity index (χ4n) is 1.25. The second kappa shape index (κ2) is 2.62. The first-order chi connectivity index (χ1) is 5.77. The molecule has 2 N–H and O–H groups in total. The molecular formula is C10H8FN. The van der Waals surface area contributed by atoms with Gasteiger partial charge in [0.2, 0.25) is 0 Å². The first-order valence-electron chi connectivity index (χ1n) is 3.79. The fraction of sp³-hybridized carbons (Fsp3) is 0.200. The smallest absolute Gasteiger partial charge is 0.123 e. The van der Waals surface area contributed by atoms with Gasteiger partial charge in [0, 0.05) is 0 Å². The Balaban J connectivity index is 2.32. The average Bonchev–Trinajstić information content (AvgIpc) is 2.02. The summed E-state index contributed by atoms with van der Waals surface area (Å²) >= 11 is 0. The van der Waals surface area contributed by atoms with Crippen molar-refractivity contribution in [3.8, 4) is 11.8 Å². The van der Waals surface area contributed by atoms with Crippen molar-refractivity contribution in [3.63, 3.8) is 0 Å². The topological polar surface area (TPSA) is 26.0 Å². The Bertz CT molecular complexity index is 362. The second-order valence-electron chi connectivity index (χ2n) is 2.85. The molecule has 0 amide bonds. The molecule has 0 saturated heterocycles. The lowest BCUT2D eigenvalue weighted by molar-refractivity contribution is 0.620. The molecule has 0 unspecified atom stereocenters. The molecule has 1 aliphatic carbocycles. The summed E-state index contributed by atoms with van der Waals surface area (Å²) in [6.07, 6.45) is 0. The minimum absolute atomic E-state index is 0.0284. The van der Waals surface area contributed by atoms with E-state index < -0.39 is 0 Å². The molecule has 0 heterocycles. The van der Waals surface area contributed by atoms with Gasteiger partial charge in [-0.15, -0.1) is 0 Å².